The molecular weight excluding hydrogens is 580 g/mol. The molecule has 0 aliphatic rings. The van der Waals surface area contributed by atoms with Crippen LogP contribution >= 0.6 is 0 Å². The summed E-state index contributed by atoms with van der Waals surface area (Å²) in [7, 11) is 0. The Morgan fingerprint density at radius 1 is 0.574 bits per heavy atom. The SMILES string of the molecule is CCCCCCCCCCCCCCCCCCC(CCCCCCCCCCCCCC)COC(=O)COc1ccc(C)c(O)c1. The molecule has 1 N–H and O–H groups in total. The summed E-state index contributed by atoms with van der Waals surface area (Å²) in [6.45, 7) is 6.79. The van der Waals surface area contributed by atoms with Crippen LogP contribution in [0.2, 0.25) is 0 Å². The highest BCUT2D eigenvalue weighted by molar-refractivity contribution is 5.71. The molecule has 0 radical (unpaired) electrons. The van der Waals surface area contributed by atoms with Gasteiger partial charge in [-0.1, -0.05) is 200 Å². The van der Waals surface area contributed by atoms with Crippen LogP contribution in [-0.2, 0) is 9.53 Å². The number of esters is 1. The normalized spacial score (nSPS) is 12.0. The first kappa shape index (κ1) is 43.3. The van der Waals surface area contributed by atoms with Crippen molar-refractivity contribution < 1.29 is 19.4 Å². The van der Waals surface area contributed by atoms with Gasteiger partial charge in [-0.15, -0.1) is 0 Å². The van der Waals surface area contributed by atoms with E-state index in [1.165, 1.54) is 180 Å². The third kappa shape index (κ3) is 27.9. The lowest BCUT2D eigenvalue weighted by Crippen LogP contribution is -2.19. The van der Waals surface area contributed by atoms with E-state index >= 15 is 0 Å². The van der Waals surface area contributed by atoms with Crippen LogP contribution in [-0.4, -0.2) is 24.3 Å². The number of unbranched alkanes of at least 4 members (excludes halogenated alkanes) is 26. The number of phenolic OH excluding ortho intramolecular Hbond substituents is 1. The van der Waals surface area contributed by atoms with Gasteiger partial charge in [-0.3, -0.25) is 0 Å². The Kier molecular flexibility index (Phi) is 30.2. The van der Waals surface area contributed by atoms with Crippen LogP contribution in [0.15, 0.2) is 18.2 Å². The molecule has 0 heterocycles. The molecule has 47 heavy (non-hydrogen) atoms. The van der Waals surface area contributed by atoms with Gasteiger partial charge in [0.15, 0.2) is 6.61 Å². The van der Waals surface area contributed by atoms with E-state index in [9.17, 15) is 9.90 Å². The van der Waals surface area contributed by atoms with E-state index in [0.717, 1.165) is 18.4 Å². The van der Waals surface area contributed by atoms with E-state index in [1.807, 2.05) is 6.92 Å². The first-order valence-corrected chi connectivity index (χ1v) is 20.6. The number of aromatic hydroxyl groups is 1. The number of aryl methyl sites for hydroxylation is 1. The second-order valence-corrected chi connectivity index (χ2v) is 14.6. The molecule has 0 bridgehead atoms. The number of hydrogen-bond donors (Lipinski definition) is 1. The lowest BCUT2D eigenvalue weighted by Gasteiger charge is -2.17. The molecule has 0 spiro atoms. The van der Waals surface area contributed by atoms with Gasteiger partial charge in [-0.2, -0.15) is 0 Å². The highest BCUT2D eigenvalue weighted by Gasteiger charge is 2.13. The van der Waals surface area contributed by atoms with Crippen LogP contribution < -0.4 is 4.74 Å². The van der Waals surface area contributed by atoms with Gasteiger partial charge in [0, 0.05) is 6.07 Å². The number of phenols is 1. The number of ether oxygens (including phenoxy) is 2. The Bertz CT molecular complexity index is 822. The quantitative estimate of drug-likeness (QED) is 0.0582. The third-order valence-electron chi connectivity index (χ3n) is 9.95. The molecule has 0 aliphatic carbocycles. The van der Waals surface area contributed by atoms with Gasteiger partial charge in [-0.05, 0) is 37.3 Å². The van der Waals surface area contributed by atoms with E-state index in [0.29, 0.717) is 18.3 Å². The summed E-state index contributed by atoms with van der Waals surface area (Å²) in [5, 5.41) is 9.89. The molecule has 274 valence electrons. The van der Waals surface area contributed by atoms with Gasteiger partial charge < -0.3 is 14.6 Å². The van der Waals surface area contributed by atoms with Crippen molar-refractivity contribution in [1.82, 2.24) is 0 Å². The maximum Gasteiger partial charge on any atom is 0.344 e. The van der Waals surface area contributed by atoms with E-state index in [4.69, 9.17) is 9.47 Å². The van der Waals surface area contributed by atoms with Crippen LogP contribution in [0.4, 0.5) is 0 Å². The van der Waals surface area contributed by atoms with Crippen LogP contribution in [0.1, 0.15) is 212 Å². The molecule has 4 heteroatoms. The van der Waals surface area contributed by atoms with Crippen molar-refractivity contribution in [2.24, 2.45) is 5.92 Å². The highest BCUT2D eigenvalue weighted by atomic mass is 16.6. The smallest absolute Gasteiger partial charge is 0.344 e. The minimum atomic E-state index is -0.322. The molecule has 1 aromatic rings. The van der Waals surface area contributed by atoms with Crippen molar-refractivity contribution in [3.8, 4) is 11.5 Å². The summed E-state index contributed by atoms with van der Waals surface area (Å²) >= 11 is 0. The van der Waals surface area contributed by atoms with Gasteiger partial charge in [0.2, 0.25) is 0 Å². The topological polar surface area (TPSA) is 55.8 Å². The molecule has 1 aromatic carbocycles. The Labute approximate surface area is 292 Å². The zero-order valence-corrected chi connectivity index (χ0v) is 31.6. The van der Waals surface area contributed by atoms with Crippen LogP contribution in [0, 0.1) is 12.8 Å². The van der Waals surface area contributed by atoms with Crippen molar-refractivity contribution in [3.63, 3.8) is 0 Å². The maximum atomic E-state index is 12.5. The van der Waals surface area contributed by atoms with E-state index in [1.54, 1.807) is 18.2 Å². The molecule has 0 aliphatic heterocycles. The summed E-state index contributed by atoms with van der Waals surface area (Å²) < 4.78 is 11.3. The zero-order chi connectivity index (χ0) is 34.0. The molecule has 4 nitrogen and oxygen atoms in total. The molecule has 0 saturated heterocycles. The first-order chi connectivity index (χ1) is 23.1. The summed E-state index contributed by atoms with van der Waals surface area (Å²) in [6, 6.07) is 5.12. The summed E-state index contributed by atoms with van der Waals surface area (Å²) in [5.74, 6) is 0.789. The Morgan fingerprint density at radius 2 is 0.936 bits per heavy atom. The largest absolute Gasteiger partial charge is 0.508 e. The fourth-order valence-electron chi connectivity index (χ4n) is 6.64. The van der Waals surface area contributed by atoms with Gasteiger partial charge in [-0.25, -0.2) is 4.79 Å². The van der Waals surface area contributed by atoms with Crippen LogP contribution in [0.25, 0.3) is 0 Å². The summed E-state index contributed by atoms with van der Waals surface area (Å²) in [5.41, 5.74) is 0.787. The average Bonchev–Trinajstić information content (AvgIpc) is 3.07. The number of carbonyl (C=O) groups excluding carboxylic acids is 1. The van der Waals surface area contributed by atoms with Crippen molar-refractivity contribution in [3.05, 3.63) is 23.8 Å². The molecule has 1 atom stereocenters. The number of carbonyl (C=O) groups is 1. The van der Waals surface area contributed by atoms with E-state index < -0.39 is 0 Å². The average molecular weight is 659 g/mol. The van der Waals surface area contributed by atoms with Gasteiger partial charge in [0.25, 0.3) is 0 Å². The molecule has 0 fully saturated rings. The van der Waals surface area contributed by atoms with Crippen molar-refractivity contribution in [2.45, 2.75) is 213 Å². The monoisotopic (exact) mass is 659 g/mol. The molecule has 1 rings (SSSR count). The van der Waals surface area contributed by atoms with Gasteiger partial charge in [0.05, 0.1) is 6.61 Å². The Hall–Kier alpha value is -1.71. The maximum absolute atomic E-state index is 12.5. The molecular formula is C43H78O4. The minimum absolute atomic E-state index is 0.118. The van der Waals surface area contributed by atoms with Gasteiger partial charge in [0.1, 0.15) is 11.5 Å². The number of benzene rings is 1. The lowest BCUT2D eigenvalue weighted by atomic mass is 9.94. The standard InChI is InChI=1S/C43H78O4/c1-4-6-8-10-12-14-16-18-19-20-21-23-25-27-29-31-33-40(32-30-28-26-24-22-17-15-13-11-9-7-5-2)37-47-43(45)38-46-41-35-34-39(3)42(44)36-41/h34-36,40,44H,4-33,37-38H2,1-3H3. The Morgan fingerprint density at radius 3 is 1.30 bits per heavy atom. The van der Waals surface area contributed by atoms with Crippen molar-refractivity contribution in [2.75, 3.05) is 13.2 Å². The van der Waals surface area contributed by atoms with E-state index in [-0.39, 0.29) is 18.3 Å². The molecule has 0 saturated carbocycles. The van der Waals surface area contributed by atoms with Gasteiger partial charge >= 0.3 is 5.97 Å². The van der Waals surface area contributed by atoms with Crippen molar-refractivity contribution in [1.29, 1.82) is 0 Å². The second-order valence-electron chi connectivity index (χ2n) is 14.6. The second kappa shape index (κ2) is 32.8. The van der Waals surface area contributed by atoms with Crippen LogP contribution in [0.5, 0.6) is 11.5 Å². The Balaban J connectivity index is 2.19. The first-order valence-electron chi connectivity index (χ1n) is 20.6. The summed E-state index contributed by atoms with van der Waals surface area (Å²) in [6.07, 6.45) is 40.9. The molecule has 0 amide bonds. The fourth-order valence-corrected chi connectivity index (χ4v) is 6.64. The summed E-state index contributed by atoms with van der Waals surface area (Å²) in [4.78, 5) is 12.5. The number of rotatable bonds is 35. The van der Waals surface area contributed by atoms with Crippen LogP contribution in [0.3, 0.4) is 0 Å². The lowest BCUT2D eigenvalue weighted by molar-refractivity contribution is -0.147. The molecule has 1 unspecified atom stereocenters. The molecule has 0 aromatic heterocycles. The predicted octanol–water partition coefficient (Wildman–Crippen LogP) is 14.0. The third-order valence-corrected chi connectivity index (χ3v) is 9.95. The highest BCUT2D eigenvalue weighted by Crippen LogP contribution is 2.23. The minimum Gasteiger partial charge on any atom is -0.508 e. The van der Waals surface area contributed by atoms with Crippen molar-refractivity contribution >= 4 is 5.97 Å². The zero-order valence-electron chi connectivity index (χ0n) is 31.6. The fraction of sp³-hybridized carbons (Fsp3) is 0.837. The number of hydrogen-bond acceptors (Lipinski definition) is 4. The predicted molar refractivity (Wildman–Crippen MR) is 203 cm³/mol. The van der Waals surface area contributed by atoms with E-state index in [2.05, 4.69) is 13.8 Å².